The van der Waals surface area contributed by atoms with Gasteiger partial charge in [-0.3, -0.25) is 0 Å². The maximum absolute atomic E-state index is 5.35. The van der Waals surface area contributed by atoms with Crippen LogP contribution < -0.4 is 5.32 Å². The van der Waals surface area contributed by atoms with E-state index in [-0.39, 0.29) is 6.10 Å². The summed E-state index contributed by atoms with van der Waals surface area (Å²) in [7, 11) is 1.74. The van der Waals surface area contributed by atoms with Crippen molar-refractivity contribution in [1.82, 2.24) is 10.3 Å². The molecule has 4 heteroatoms. The van der Waals surface area contributed by atoms with E-state index in [1.54, 1.807) is 18.4 Å². The molecule has 1 N–H and O–H groups in total. The summed E-state index contributed by atoms with van der Waals surface area (Å²) < 4.78 is 5.35. The Balaban J connectivity index is 2.11. The molecule has 2 rings (SSSR count). The van der Waals surface area contributed by atoms with E-state index in [2.05, 4.69) is 26.1 Å². The summed E-state index contributed by atoms with van der Waals surface area (Å²) in [6.07, 6.45) is 2.76. The molecular weight excluding hydrogens is 232 g/mol. The number of ether oxygens (including phenoxy) is 1. The Kier molecular flexibility index (Phi) is 4.17. The average molecular weight is 254 g/mol. The van der Waals surface area contributed by atoms with E-state index in [0.717, 1.165) is 17.6 Å². The van der Waals surface area contributed by atoms with Gasteiger partial charge in [0.2, 0.25) is 0 Å². The summed E-state index contributed by atoms with van der Waals surface area (Å²) in [4.78, 5) is 6.11. The Bertz CT molecular complexity index is 371. The van der Waals surface area contributed by atoms with Gasteiger partial charge in [0.15, 0.2) is 0 Å². The van der Waals surface area contributed by atoms with Gasteiger partial charge in [0, 0.05) is 24.6 Å². The van der Waals surface area contributed by atoms with Gasteiger partial charge in [0.1, 0.15) is 11.1 Å². The summed E-state index contributed by atoms with van der Waals surface area (Å²) in [6, 6.07) is 0.750. The van der Waals surface area contributed by atoms with Crippen molar-refractivity contribution in [3.8, 4) is 0 Å². The fourth-order valence-corrected chi connectivity index (χ4v) is 2.96. The first kappa shape index (κ1) is 13.0. The molecule has 1 aromatic rings. The molecule has 0 amide bonds. The Morgan fingerprint density at radius 2 is 2.12 bits per heavy atom. The van der Waals surface area contributed by atoms with Crippen LogP contribution >= 0.6 is 11.3 Å². The molecule has 1 atom stereocenters. The lowest BCUT2D eigenvalue weighted by Crippen LogP contribution is -2.15. The zero-order valence-electron chi connectivity index (χ0n) is 11.1. The Labute approximate surface area is 108 Å². The van der Waals surface area contributed by atoms with E-state index in [4.69, 9.17) is 9.72 Å². The number of methoxy groups -OCH3 is 1. The second-order valence-corrected chi connectivity index (χ2v) is 6.16. The van der Waals surface area contributed by atoms with E-state index in [9.17, 15) is 0 Å². The van der Waals surface area contributed by atoms with Crippen molar-refractivity contribution in [2.45, 2.75) is 58.2 Å². The zero-order chi connectivity index (χ0) is 12.4. The predicted molar refractivity (Wildman–Crippen MR) is 71.5 cm³/mol. The molecule has 1 heterocycles. The van der Waals surface area contributed by atoms with Crippen LogP contribution in [0.15, 0.2) is 0 Å². The molecule has 1 aromatic heterocycles. The molecule has 96 valence electrons. The van der Waals surface area contributed by atoms with Crippen LogP contribution in [0.2, 0.25) is 0 Å². The van der Waals surface area contributed by atoms with Gasteiger partial charge in [-0.2, -0.15) is 0 Å². The Hall–Kier alpha value is -0.450. The van der Waals surface area contributed by atoms with Crippen LogP contribution in [0.3, 0.4) is 0 Å². The van der Waals surface area contributed by atoms with Gasteiger partial charge >= 0.3 is 0 Å². The summed E-state index contributed by atoms with van der Waals surface area (Å²) >= 11 is 1.79. The number of hydrogen-bond donors (Lipinski definition) is 1. The van der Waals surface area contributed by atoms with Gasteiger partial charge in [-0.15, -0.1) is 11.3 Å². The third kappa shape index (κ3) is 3.27. The van der Waals surface area contributed by atoms with Crippen LogP contribution in [0.1, 0.15) is 61.2 Å². The number of aromatic nitrogens is 1. The number of nitrogens with zero attached hydrogens (tertiary/aromatic N) is 1. The number of nitrogens with one attached hydrogen (secondary N) is 1. The minimum atomic E-state index is 0.104. The maximum Gasteiger partial charge on any atom is 0.122 e. The second-order valence-electron chi connectivity index (χ2n) is 5.05. The SMILES string of the molecule is COC(C)c1nc(C(C)C)c(CNC2CC2)s1. The fraction of sp³-hybridized carbons (Fsp3) is 0.769. The molecule has 1 saturated carbocycles. The lowest BCUT2D eigenvalue weighted by molar-refractivity contribution is 0.119. The minimum Gasteiger partial charge on any atom is -0.375 e. The zero-order valence-corrected chi connectivity index (χ0v) is 11.9. The highest BCUT2D eigenvalue weighted by Gasteiger charge is 2.23. The highest BCUT2D eigenvalue weighted by atomic mass is 32.1. The summed E-state index contributed by atoms with van der Waals surface area (Å²) in [6.45, 7) is 7.43. The first-order valence-corrected chi connectivity index (χ1v) is 7.19. The molecule has 0 aliphatic heterocycles. The fourth-order valence-electron chi connectivity index (χ4n) is 1.76. The van der Waals surface area contributed by atoms with Crippen molar-refractivity contribution in [2.75, 3.05) is 7.11 Å². The third-order valence-electron chi connectivity index (χ3n) is 3.12. The molecule has 3 nitrogen and oxygen atoms in total. The van der Waals surface area contributed by atoms with Gasteiger partial charge in [0.05, 0.1) is 5.69 Å². The first-order chi connectivity index (χ1) is 8.11. The van der Waals surface area contributed by atoms with Gasteiger partial charge in [-0.05, 0) is 25.7 Å². The molecule has 1 unspecified atom stereocenters. The highest BCUT2D eigenvalue weighted by molar-refractivity contribution is 7.11. The van der Waals surface area contributed by atoms with Crippen LogP contribution in [0.5, 0.6) is 0 Å². The quantitative estimate of drug-likeness (QED) is 0.846. The van der Waals surface area contributed by atoms with E-state index in [1.807, 2.05) is 0 Å². The van der Waals surface area contributed by atoms with Crippen molar-refractivity contribution in [3.05, 3.63) is 15.6 Å². The number of thiazole rings is 1. The smallest absolute Gasteiger partial charge is 0.122 e. The van der Waals surface area contributed by atoms with Crippen LogP contribution in [-0.4, -0.2) is 18.1 Å². The molecule has 0 aromatic carbocycles. The first-order valence-electron chi connectivity index (χ1n) is 6.37. The predicted octanol–water partition coefficient (Wildman–Crippen LogP) is 3.23. The van der Waals surface area contributed by atoms with Gasteiger partial charge in [0.25, 0.3) is 0 Å². The normalized spacial score (nSPS) is 17.7. The van der Waals surface area contributed by atoms with E-state index in [1.165, 1.54) is 23.4 Å². The largest absolute Gasteiger partial charge is 0.375 e. The lowest BCUT2D eigenvalue weighted by Gasteiger charge is -2.05. The minimum absolute atomic E-state index is 0.104. The molecular formula is C13H22N2OS. The summed E-state index contributed by atoms with van der Waals surface area (Å²) in [5, 5.41) is 4.67. The van der Waals surface area contributed by atoms with E-state index < -0.39 is 0 Å². The molecule has 0 saturated heterocycles. The van der Waals surface area contributed by atoms with Crippen LogP contribution in [0.25, 0.3) is 0 Å². The van der Waals surface area contributed by atoms with Crippen molar-refractivity contribution in [1.29, 1.82) is 0 Å². The number of hydrogen-bond acceptors (Lipinski definition) is 4. The van der Waals surface area contributed by atoms with Gasteiger partial charge < -0.3 is 10.1 Å². The van der Waals surface area contributed by atoms with Crippen molar-refractivity contribution >= 4 is 11.3 Å². The van der Waals surface area contributed by atoms with E-state index >= 15 is 0 Å². The maximum atomic E-state index is 5.35. The topological polar surface area (TPSA) is 34.1 Å². The van der Waals surface area contributed by atoms with Crippen LogP contribution in [0.4, 0.5) is 0 Å². The van der Waals surface area contributed by atoms with E-state index in [0.29, 0.717) is 5.92 Å². The summed E-state index contributed by atoms with van der Waals surface area (Å²) in [5.74, 6) is 0.486. The molecule has 17 heavy (non-hydrogen) atoms. The number of rotatable bonds is 6. The third-order valence-corrected chi connectivity index (χ3v) is 4.35. The lowest BCUT2D eigenvalue weighted by atomic mass is 10.1. The second kappa shape index (κ2) is 5.46. The Morgan fingerprint density at radius 1 is 1.41 bits per heavy atom. The summed E-state index contributed by atoms with van der Waals surface area (Å²) in [5.41, 5.74) is 1.24. The van der Waals surface area contributed by atoms with Crippen molar-refractivity contribution in [2.24, 2.45) is 0 Å². The Morgan fingerprint density at radius 3 is 2.65 bits per heavy atom. The van der Waals surface area contributed by atoms with Crippen LogP contribution in [-0.2, 0) is 11.3 Å². The molecule has 1 aliphatic rings. The molecule has 1 fully saturated rings. The average Bonchev–Trinajstić information content (AvgIpc) is 3.03. The van der Waals surface area contributed by atoms with Crippen LogP contribution in [0, 0.1) is 0 Å². The molecule has 0 spiro atoms. The molecule has 0 radical (unpaired) electrons. The van der Waals surface area contributed by atoms with Gasteiger partial charge in [-0.25, -0.2) is 4.98 Å². The molecule has 0 bridgehead atoms. The monoisotopic (exact) mass is 254 g/mol. The van der Waals surface area contributed by atoms with Crippen molar-refractivity contribution in [3.63, 3.8) is 0 Å². The van der Waals surface area contributed by atoms with Crippen molar-refractivity contribution < 1.29 is 4.74 Å². The molecule has 1 aliphatic carbocycles. The van der Waals surface area contributed by atoms with Gasteiger partial charge in [-0.1, -0.05) is 13.8 Å². The standard InChI is InChI=1S/C13H22N2OS/c1-8(2)12-11(7-14-10-5-6-10)17-13(15-12)9(3)16-4/h8-10,14H,5-7H2,1-4H3. The highest BCUT2D eigenvalue weighted by Crippen LogP contribution is 2.30.